The summed E-state index contributed by atoms with van der Waals surface area (Å²) in [5, 5.41) is 0. The number of benzene rings is 2. The molecule has 0 aliphatic heterocycles. The van der Waals surface area contributed by atoms with Crippen molar-refractivity contribution in [1.82, 2.24) is 9.97 Å². The van der Waals surface area contributed by atoms with Gasteiger partial charge in [-0.15, -0.1) is 0 Å². The number of carbonyl (C=O) groups is 1. The fourth-order valence-corrected chi connectivity index (χ4v) is 2.10. The molecule has 3 aromatic rings. The zero-order chi connectivity index (χ0) is 13.9. The molecular formula is C17H14N2O. The summed E-state index contributed by atoms with van der Waals surface area (Å²) < 4.78 is 0. The van der Waals surface area contributed by atoms with E-state index in [4.69, 9.17) is 0 Å². The van der Waals surface area contributed by atoms with Gasteiger partial charge in [0, 0.05) is 11.1 Å². The molecule has 1 heterocycles. The van der Waals surface area contributed by atoms with Gasteiger partial charge in [-0.3, -0.25) is 4.79 Å². The molecule has 1 N–H and O–H groups in total. The minimum absolute atomic E-state index is 0.0703. The average molecular weight is 262 g/mol. The fourth-order valence-electron chi connectivity index (χ4n) is 2.10. The number of H-pyrrole nitrogens is 1. The van der Waals surface area contributed by atoms with Gasteiger partial charge in [-0.25, -0.2) is 4.98 Å². The van der Waals surface area contributed by atoms with Crippen LogP contribution in [-0.2, 0) is 0 Å². The van der Waals surface area contributed by atoms with Gasteiger partial charge in [-0.2, -0.15) is 0 Å². The lowest BCUT2D eigenvalue weighted by molar-refractivity contribution is 0.101. The second kappa shape index (κ2) is 5.13. The number of rotatable bonds is 3. The number of imidazole rings is 1. The predicted octanol–water partition coefficient (Wildman–Crippen LogP) is 3.95. The Balaban J connectivity index is 1.92. The fraction of sp³-hybridized carbons (Fsp3) is 0.0588. The second-order valence-corrected chi connectivity index (χ2v) is 4.65. The quantitative estimate of drug-likeness (QED) is 0.726. The van der Waals surface area contributed by atoms with Crippen LogP contribution in [0.3, 0.4) is 0 Å². The van der Waals surface area contributed by atoms with Crippen molar-refractivity contribution < 1.29 is 4.79 Å². The van der Waals surface area contributed by atoms with E-state index < -0.39 is 0 Å². The first-order valence-corrected chi connectivity index (χ1v) is 6.46. The first kappa shape index (κ1) is 12.4. The molecule has 2 aromatic carbocycles. The van der Waals surface area contributed by atoms with Crippen molar-refractivity contribution in [3.8, 4) is 22.6 Å². The maximum absolute atomic E-state index is 11.3. The number of ketones is 1. The van der Waals surface area contributed by atoms with Crippen LogP contribution in [0.25, 0.3) is 22.6 Å². The number of carbonyl (C=O) groups excluding carboxylic acids is 1. The van der Waals surface area contributed by atoms with Gasteiger partial charge < -0.3 is 4.98 Å². The number of hydrogen-bond acceptors (Lipinski definition) is 2. The van der Waals surface area contributed by atoms with E-state index in [-0.39, 0.29) is 5.78 Å². The largest absolute Gasteiger partial charge is 0.338 e. The van der Waals surface area contributed by atoms with Crippen molar-refractivity contribution >= 4 is 5.78 Å². The van der Waals surface area contributed by atoms with Gasteiger partial charge in [0.05, 0.1) is 11.9 Å². The number of nitrogens with one attached hydrogen (secondary N) is 1. The standard InChI is InChI=1S/C17H14N2O/c1-12(20)13-7-9-15(10-8-13)17-18-11-16(19-17)14-5-3-2-4-6-14/h2-11H,1H3,(H,18,19). The summed E-state index contributed by atoms with van der Waals surface area (Å²) in [6.07, 6.45) is 1.82. The molecule has 3 nitrogen and oxygen atoms in total. The zero-order valence-electron chi connectivity index (χ0n) is 11.1. The van der Waals surface area contributed by atoms with E-state index >= 15 is 0 Å². The van der Waals surface area contributed by atoms with Crippen molar-refractivity contribution in [3.05, 3.63) is 66.4 Å². The zero-order valence-corrected chi connectivity index (χ0v) is 11.1. The van der Waals surface area contributed by atoms with Crippen LogP contribution in [0.5, 0.6) is 0 Å². The third-order valence-electron chi connectivity index (χ3n) is 3.23. The molecule has 0 atom stereocenters. The highest BCUT2D eigenvalue weighted by Crippen LogP contribution is 2.22. The highest BCUT2D eigenvalue weighted by atomic mass is 16.1. The molecule has 0 amide bonds. The van der Waals surface area contributed by atoms with Crippen LogP contribution in [0.15, 0.2) is 60.8 Å². The molecule has 1 aromatic heterocycles. The maximum Gasteiger partial charge on any atom is 0.159 e. The summed E-state index contributed by atoms with van der Waals surface area (Å²) in [6, 6.07) is 17.5. The SMILES string of the molecule is CC(=O)c1ccc(-c2ncc(-c3ccccc3)[nH]2)cc1. The molecule has 0 spiro atoms. The van der Waals surface area contributed by atoms with Crippen LogP contribution in [0.1, 0.15) is 17.3 Å². The lowest BCUT2D eigenvalue weighted by Gasteiger charge is -1.99. The average Bonchev–Trinajstić information content (AvgIpc) is 2.98. The van der Waals surface area contributed by atoms with E-state index in [2.05, 4.69) is 9.97 Å². The Kier molecular flexibility index (Phi) is 3.17. The smallest absolute Gasteiger partial charge is 0.159 e. The number of Topliss-reactive ketones (excluding diaryl/α,β-unsaturated/α-hetero) is 1. The summed E-state index contributed by atoms with van der Waals surface area (Å²) in [5.74, 6) is 0.875. The Morgan fingerprint density at radius 1 is 0.950 bits per heavy atom. The minimum atomic E-state index is 0.0703. The maximum atomic E-state index is 11.3. The van der Waals surface area contributed by atoms with Gasteiger partial charge in [0.15, 0.2) is 5.78 Å². The Morgan fingerprint density at radius 3 is 2.30 bits per heavy atom. The summed E-state index contributed by atoms with van der Waals surface area (Å²) in [6.45, 7) is 1.56. The van der Waals surface area contributed by atoms with Gasteiger partial charge in [0.2, 0.25) is 0 Å². The highest BCUT2D eigenvalue weighted by Gasteiger charge is 2.06. The van der Waals surface area contributed by atoms with E-state index in [1.807, 2.05) is 60.8 Å². The number of aromatic nitrogens is 2. The molecule has 0 radical (unpaired) electrons. The van der Waals surface area contributed by atoms with Crippen molar-refractivity contribution in [2.75, 3.05) is 0 Å². The Morgan fingerprint density at radius 2 is 1.65 bits per heavy atom. The molecule has 0 saturated carbocycles. The number of aromatic amines is 1. The van der Waals surface area contributed by atoms with Crippen LogP contribution in [-0.4, -0.2) is 15.8 Å². The highest BCUT2D eigenvalue weighted by molar-refractivity contribution is 5.94. The molecule has 98 valence electrons. The first-order valence-electron chi connectivity index (χ1n) is 6.46. The van der Waals surface area contributed by atoms with Crippen LogP contribution in [0.2, 0.25) is 0 Å². The van der Waals surface area contributed by atoms with Gasteiger partial charge in [0.25, 0.3) is 0 Å². The predicted molar refractivity (Wildman–Crippen MR) is 79.5 cm³/mol. The number of nitrogens with zero attached hydrogens (tertiary/aromatic N) is 1. The Bertz CT molecular complexity index is 727. The lowest BCUT2D eigenvalue weighted by Crippen LogP contribution is -1.91. The Labute approximate surface area is 117 Å². The van der Waals surface area contributed by atoms with Crippen LogP contribution in [0, 0.1) is 0 Å². The summed E-state index contributed by atoms with van der Waals surface area (Å²) in [7, 11) is 0. The summed E-state index contributed by atoms with van der Waals surface area (Å²) in [5.41, 5.74) is 3.77. The number of hydrogen-bond donors (Lipinski definition) is 1. The van der Waals surface area contributed by atoms with Crippen molar-refractivity contribution in [3.63, 3.8) is 0 Å². The van der Waals surface area contributed by atoms with Crippen LogP contribution in [0.4, 0.5) is 0 Å². The minimum Gasteiger partial charge on any atom is -0.338 e. The van der Waals surface area contributed by atoms with Crippen LogP contribution < -0.4 is 0 Å². The molecule has 20 heavy (non-hydrogen) atoms. The normalized spacial score (nSPS) is 10.4. The summed E-state index contributed by atoms with van der Waals surface area (Å²) in [4.78, 5) is 19.0. The molecule has 0 aliphatic rings. The molecule has 3 rings (SSSR count). The third kappa shape index (κ3) is 2.38. The van der Waals surface area contributed by atoms with E-state index in [9.17, 15) is 4.79 Å². The van der Waals surface area contributed by atoms with Gasteiger partial charge >= 0.3 is 0 Å². The van der Waals surface area contributed by atoms with Gasteiger partial charge in [-0.1, -0.05) is 54.6 Å². The second-order valence-electron chi connectivity index (χ2n) is 4.65. The molecule has 0 aliphatic carbocycles. The molecule has 0 saturated heterocycles. The van der Waals surface area contributed by atoms with E-state index in [0.29, 0.717) is 5.56 Å². The van der Waals surface area contributed by atoms with Gasteiger partial charge in [-0.05, 0) is 12.5 Å². The van der Waals surface area contributed by atoms with E-state index in [1.54, 1.807) is 6.92 Å². The van der Waals surface area contributed by atoms with Crippen molar-refractivity contribution in [1.29, 1.82) is 0 Å². The van der Waals surface area contributed by atoms with Gasteiger partial charge in [0.1, 0.15) is 5.82 Å². The van der Waals surface area contributed by atoms with E-state index in [0.717, 1.165) is 22.6 Å². The third-order valence-corrected chi connectivity index (χ3v) is 3.23. The van der Waals surface area contributed by atoms with Crippen molar-refractivity contribution in [2.24, 2.45) is 0 Å². The molecule has 0 bridgehead atoms. The molecular weight excluding hydrogens is 248 g/mol. The first-order chi connectivity index (χ1) is 9.74. The van der Waals surface area contributed by atoms with Crippen molar-refractivity contribution in [2.45, 2.75) is 6.92 Å². The Hall–Kier alpha value is -2.68. The lowest BCUT2D eigenvalue weighted by atomic mass is 10.1. The molecule has 0 fully saturated rings. The van der Waals surface area contributed by atoms with Crippen LogP contribution >= 0.6 is 0 Å². The monoisotopic (exact) mass is 262 g/mol. The summed E-state index contributed by atoms with van der Waals surface area (Å²) >= 11 is 0. The molecule has 0 unspecified atom stereocenters. The van der Waals surface area contributed by atoms with E-state index in [1.165, 1.54) is 0 Å². The topological polar surface area (TPSA) is 45.8 Å². The molecule has 3 heteroatoms.